The van der Waals surface area contributed by atoms with E-state index in [9.17, 15) is 27.6 Å². The van der Waals surface area contributed by atoms with Crippen molar-refractivity contribution in [2.45, 2.75) is 18.6 Å². The van der Waals surface area contributed by atoms with Gasteiger partial charge in [-0.3, -0.25) is 14.6 Å². The number of benzene rings is 2. The number of carbonyl (C=O) groups excluding carboxylic acids is 2. The van der Waals surface area contributed by atoms with Gasteiger partial charge in [0.2, 0.25) is 0 Å². The second-order valence-electron chi connectivity index (χ2n) is 8.58. The van der Waals surface area contributed by atoms with Crippen molar-refractivity contribution < 1.29 is 27.5 Å². The van der Waals surface area contributed by atoms with E-state index in [2.05, 4.69) is 10.3 Å². The third kappa shape index (κ3) is 5.76. The number of nitrogens with zero attached hydrogens (tertiary/aromatic N) is 2. The van der Waals surface area contributed by atoms with E-state index in [0.29, 0.717) is 16.5 Å². The Kier molecular flexibility index (Phi) is 7.99. The van der Waals surface area contributed by atoms with E-state index in [4.69, 9.17) is 27.9 Å². The second-order valence-corrected chi connectivity index (χ2v) is 9.39. The number of hydrogen-bond acceptors (Lipinski definition) is 5. The largest absolute Gasteiger partial charge is 0.467 e. The number of pyridine rings is 2. The Bertz CT molecular complexity index is 1630. The highest BCUT2D eigenvalue weighted by Gasteiger charge is 2.32. The molecule has 0 aliphatic heterocycles. The maximum atomic E-state index is 13.5. The van der Waals surface area contributed by atoms with Crippen LogP contribution < -0.4 is 10.9 Å². The Balaban J connectivity index is 1.78. The van der Waals surface area contributed by atoms with Gasteiger partial charge in [0.15, 0.2) is 0 Å². The summed E-state index contributed by atoms with van der Waals surface area (Å²) in [4.78, 5) is 42.8. The summed E-state index contributed by atoms with van der Waals surface area (Å²) in [5.41, 5.74) is -0.760. The van der Waals surface area contributed by atoms with E-state index in [0.717, 1.165) is 23.9 Å². The lowest BCUT2D eigenvalue weighted by Gasteiger charge is -2.19. The van der Waals surface area contributed by atoms with Crippen LogP contribution in [0.5, 0.6) is 0 Å². The first-order chi connectivity index (χ1) is 18.4. The number of ether oxygens (including phenoxy) is 1. The number of carbonyl (C=O) groups is 2. The van der Waals surface area contributed by atoms with E-state index >= 15 is 0 Å². The lowest BCUT2D eigenvalue weighted by Crippen LogP contribution is -2.43. The zero-order valence-corrected chi connectivity index (χ0v) is 22.0. The molecule has 2 aromatic heterocycles. The predicted molar refractivity (Wildman–Crippen MR) is 141 cm³/mol. The van der Waals surface area contributed by atoms with Crippen LogP contribution in [0.4, 0.5) is 13.2 Å². The first kappa shape index (κ1) is 28.1. The Hall–Kier alpha value is -3.89. The van der Waals surface area contributed by atoms with E-state index in [1.807, 2.05) is 0 Å². The predicted octanol–water partition coefficient (Wildman–Crippen LogP) is 5.44. The minimum absolute atomic E-state index is 0.0199. The molecule has 0 bridgehead atoms. The van der Waals surface area contributed by atoms with Gasteiger partial charge in [-0.2, -0.15) is 13.2 Å². The van der Waals surface area contributed by atoms with Crippen LogP contribution in [-0.4, -0.2) is 34.6 Å². The van der Waals surface area contributed by atoms with E-state index in [-0.39, 0.29) is 33.2 Å². The normalized spacial score (nSPS) is 12.3. The third-order valence-corrected chi connectivity index (χ3v) is 6.69. The zero-order chi connectivity index (χ0) is 28.5. The first-order valence-corrected chi connectivity index (χ1v) is 12.2. The van der Waals surface area contributed by atoms with Crippen LogP contribution >= 0.6 is 23.2 Å². The molecule has 0 aliphatic rings. The number of alkyl halides is 3. The van der Waals surface area contributed by atoms with Crippen molar-refractivity contribution in [3.63, 3.8) is 0 Å². The molecule has 0 saturated heterocycles. The topological polar surface area (TPSA) is 90.3 Å². The van der Waals surface area contributed by atoms with E-state index < -0.39 is 35.2 Å². The minimum atomic E-state index is -4.66. The lowest BCUT2D eigenvalue weighted by molar-refractivity contribution is -0.143. The summed E-state index contributed by atoms with van der Waals surface area (Å²) in [7, 11) is 2.40. The SMILES string of the molecule is COC(=O)[C@H](Cc1ccc(-c2cc(C(F)(F)F)cn(C)c2=O)c2cccnc12)NC(=O)c1c(Cl)cccc1Cl. The summed E-state index contributed by atoms with van der Waals surface area (Å²) in [6.07, 6.45) is -2.55. The van der Waals surface area contributed by atoms with Crippen molar-refractivity contribution in [2.75, 3.05) is 7.11 Å². The number of rotatable bonds is 6. The van der Waals surface area contributed by atoms with Gasteiger partial charge in [-0.25, -0.2) is 4.79 Å². The van der Waals surface area contributed by atoms with Gasteiger partial charge < -0.3 is 14.6 Å². The molecule has 0 saturated carbocycles. The fraction of sp³-hybridized carbons (Fsp3) is 0.185. The third-order valence-electron chi connectivity index (χ3n) is 6.06. The molecule has 12 heteroatoms. The summed E-state index contributed by atoms with van der Waals surface area (Å²) in [6.45, 7) is 0. The van der Waals surface area contributed by atoms with Crippen LogP contribution in [0.25, 0.3) is 22.0 Å². The minimum Gasteiger partial charge on any atom is -0.467 e. The molecule has 1 N–H and O–H groups in total. The van der Waals surface area contributed by atoms with Crippen molar-refractivity contribution in [1.29, 1.82) is 0 Å². The molecule has 7 nitrogen and oxygen atoms in total. The quantitative estimate of drug-likeness (QED) is 0.308. The number of methoxy groups -OCH3 is 1. The molecule has 2 aromatic carbocycles. The number of esters is 1. The number of halogens is 5. The number of hydrogen-bond donors (Lipinski definition) is 1. The van der Waals surface area contributed by atoms with Gasteiger partial charge >= 0.3 is 12.1 Å². The number of aromatic nitrogens is 2. The van der Waals surface area contributed by atoms with E-state index in [1.54, 1.807) is 18.2 Å². The van der Waals surface area contributed by atoms with Gasteiger partial charge in [0, 0.05) is 36.8 Å². The second kappa shape index (κ2) is 11.1. The summed E-state index contributed by atoms with van der Waals surface area (Å²) in [5.74, 6) is -1.46. The van der Waals surface area contributed by atoms with Crippen LogP contribution in [-0.2, 0) is 29.2 Å². The average molecular weight is 578 g/mol. The van der Waals surface area contributed by atoms with Crippen molar-refractivity contribution in [1.82, 2.24) is 14.9 Å². The van der Waals surface area contributed by atoms with E-state index in [1.165, 1.54) is 37.5 Å². The van der Waals surface area contributed by atoms with Crippen LogP contribution in [0.3, 0.4) is 0 Å². The zero-order valence-electron chi connectivity index (χ0n) is 20.5. The van der Waals surface area contributed by atoms with Gasteiger partial charge in [0.25, 0.3) is 11.5 Å². The monoisotopic (exact) mass is 577 g/mol. The van der Waals surface area contributed by atoms with Crippen LogP contribution in [0.2, 0.25) is 10.0 Å². The van der Waals surface area contributed by atoms with Gasteiger partial charge in [-0.05, 0) is 35.4 Å². The summed E-state index contributed by atoms with van der Waals surface area (Å²) < 4.78 is 46.2. The number of nitrogens with one attached hydrogen (secondary N) is 1. The Morgan fingerprint density at radius 2 is 1.77 bits per heavy atom. The molecule has 1 atom stereocenters. The van der Waals surface area contributed by atoms with Crippen molar-refractivity contribution in [2.24, 2.45) is 7.05 Å². The van der Waals surface area contributed by atoms with Crippen molar-refractivity contribution >= 4 is 46.0 Å². The summed E-state index contributed by atoms with van der Waals surface area (Å²) in [5, 5.41) is 3.13. The summed E-state index contributed by atoms with van der Waals surface area (Å²) >= 11 is 12.3. The molecule has 0 radical (unpaired) electrons. The van der Waals surface area contributed by atoms with Crippen LogP contribution in [0.15, 0.2) is 65.7 Å². The maximum Gasteiger partial charge on any atom is 0.417 e. The molecule has 0 spiro atoms. The molecular weight excluding hydrogens is 558 g/mol. The van der Waals surface area contributed by atoms with Gasteiger partial charge in [-0.15, -0.1) is 0 Å². The standard InChI is InChI=1S/C27H20Cl2F3N3O4/c1-35-13-15(27(30,31)32)12-18(25(35)37)16-9-8-14(23-17(16)5-4-10-33-23)11-21(26(38)39-2)34-24(36)22-19(28)6-3-7-20(22)29/h3-10,12-13,21H,11H2,1-2H3,(H,34,36)/t21-/m0/s1. The number of aryl methyl sites for hydroxylation is 1. The fourth-order valence-electron chi connectivity index (χ4n) is 4.19. The molecular formula is C27H20Cl2F3N3O4. The molecule has 4 rings (SSSR count). The molecule has 4 aromatic rings. The van der Waals surface area contributed by atoms with Gasteiger partial charge in [0.1, 0.15) is 6.04 Å². The fourth-order valence-corrected chi connectivity index (χ4v) is 4.76. The molecule has 0 unspecified atom stereocenters. The Morgan fingerprint density at radius 3 is 2.41 bits per heavy atom. The molecule has 0 fully saturated rings. The highest BCUT2D eigenvalue weighted by atomic mass is 35.5. The van der Waals surface area contributed by atoms with Gasteiger partial charge in [-0.1, -0.05) is 47.5 Å². The molecule has 202 valence electrons. The molecule has 2 heterocycles. The number of fused-ring (bicyclic) bond motifs is 1. The molecule has 1 amide bonds. The molecule has 0 aliphatic carbocycles. The van der Waals surface area contributed by atoms with Crippen LogP contribution in [0, 0.1) is 0 Å². The highest BCUT2D eigenvalue weighted by molar-refractivity contribution is 6.39. The lowest BCUT2D eigenvalue weighted by atomic mass is 9.95. The Morgan fingerprint density at radius 1 is 1.08 bits per heavy atom. The van der Waals surface area contributed by atoms with Gasteiger partial charge in [0.05, 0.1) is 33.8 Å². The summed E-state index contributed by atoms with van der Waals surface area (Å²) in [6, 6.07) is 10.3. The van der Waals surface area contributed by atoms with Crippen molar-refractivity contribution in [3.8, 4) is 11.1 Å². The Labute approximate surface area is 230 Å². The number of amides is 1. The van der Waals surface area contributed by atoms with Crippen LogP contribution in [0.1, 0.15) is 21.5 Å². The average Bonchev–Trinajstić information content (AvgIpc) is 2.89. The highest BCUT2D eigenvalue weighted by Crippen LogP contribution is 2.34. The van der Waals surface area contributed by atoms with Crippen molar-refractivity contribution in [3.05, 3.63) is 98.0 Å². The smallest absolute Gasteiger partial charge is 0.417 e. The maximum absolute atomic E-state index is 13.5. The molecule has 39 heavy (non-hydrogen) atoms. The first-order valence-electron chi connectivity index (χ1n) is 11.4.